The van der Waals surface area contributed by atoms with Gasteiger partial charge in [-0.05, 0) is 53.3 Å². The number of rotatable bonds is 1. The lowest BCUT2D eigenvalue weighted by Gasteiger charge is -1.99. The van der Waals surface area contributed by atoms with Crippen molar-refractivity contribution in [1.29, 1.82) is 0 Å². The highest BCUT2D eigenvalue weighted by Crippen LogP contribution is 2.11. The van der Waals surface area contributed by atoms with Crippen LogP contribution < -0.4 is 0 Å². The number of halogens is 1. The van der Waals surface area contributed by atoms with Crippen LogP contribution in [0.15, 0.2) is 18.2 Å². The first-order valence-electron chi connectivity index (χ1n) is 3.48. The molecule has 0 nitrogen and oxygen atoms in total. The van der Waals surface area contributed by atoms with Gasteiger partial charge in [0.2, 0.25) is 0 Å². The van der Waals surface area contributed by atoms with E-state index in [4.69, 9.17) is 0 Å². The second-order valence-corrected chi connectivity index (χ2v) is 4.44. The van der Waals surface area contributed by atoms with Crippen molar-refractivity contribution in [3.8, 4) is 0 Å². The van der Waals surface area contributed by atoms with E-state index in [0.717, 1.165) is 0 Å². The first-order valence-corrected chi connectivity index (χ1v) is 5.97. The first-order chi connectivity index (χ1) is 4.72. The smallest absolute Gasteiger partial charge is 0.0135 e. The molecule has 0 unspecified atom stereocenters. The van der Waals surface area contributed by atoms with Crippen LogP contribution in [0.4, 0.5) is 0 Å². The highest BCUT2D eigenvalue weighted by molar-refractivity contribution is 14.1. The number of hydrogen-bond donors (Lipinski definition) is 0. The van der Waals surface area contributed by atoms with Gasteiger partial charge < -0.3 is 0 Å². The zero-order valence-corrected chi connectivity index (χ0v) is 10.5. The molecular weight excluding hydrogens is 251 g/mol. The molecule has 10 heavy (non-hydrogen) atoms. The van der Waals surface area contributed by atoms with Crippen LogP contribution >= 0.6 is 22.6 Å². The molecule has 0 aliphatic heterocycles. The van der Waals surface area contributed by atoms with E-state index in [1.165, 1.54) is 31.0 Å². The minimum Gasteiger partial charge on any atom is -0.0564 e. The SMILES string of the molecule is Cc1cc(I)cc(C[SiH3])c1. The molecule has 1 aromatic rings. The van der Waals surface area contributed by atoms with Gasteiger partial charge in [0.15, 0.2) is 0 Å². The minimum atomic E-state index is 1.27. The Morgan fingerprint density at radius 2 is 2.10 bits per heavy atom. The molecule has 0 heterocycles. The summed E-state index contributed by atoms with van der Waals surface area (Å²) in [4.78, 5) is 0. The number of benzene rings is 1. The highest BCUT2D eigenvalue weighted by atomic mass is 127. The minimum absolute atomic E-state index is 1.27. The Hall–Kier alpha value is 0.167. The predicted molar refractivity (Wildman–Crippen MR) is 57.5 cm³/mol. The molecule has 0 spiro atoms. The molecule has 0 aliphatic carbocycles. The molecular formula is C8H11ISi. The van der Waals surface area contributed by atoms with E-state index in [1.54, 1.807) is 0 Å². The molecule has 0 bridgehead atoms. The molecule has 54 valence electrons. The Labute approximate surface area is 78.6 Å². The Morgan fingerprint density at radius 3 is 2.60 bits per heavy atom. The summed E-state index contributed by atoms with van der Waals surface area (Å²) in [6, 6.07) is 8.02. The number of aryl methyl sites for hydroxylation is 1. The van der Waals surface area contributed by atoms with Crippen LogP contribution in [0.2, 0.25) is 0 Å². The van der Waals surface area contributed by atoms with Gasteiger partial charge in [0.1, 0.15) is 0 Å². The molecule has 0 atom stereocenters. The van der Waals surface area contributed by atoms with Crippen molar-refractivity contribution >= 4 is 32.8 Å². The highest BCUT2D eigenvalue weighted by Gasteiger charge is 1.92. The van der Waals surface area contributed by atoms with E-state index in [0.29, 0.717) is 0 Å². The van der Waals surface area contributed by atoms with Crippen LogP contribution in [0.3, 0.4) is 0 Å². The summed E-state index contributed by atoms with van der Waals surface area (Å²) in [7, 11) is 1.27. The fourth-order valence-corrected chi connectivity index (χ4v) is 2.32. The average Bonchev–Trinajstić information content (AvgIpc) is 1.85. The van der Waals surface area contributed by atoms with Gasteiger partial charge >= 0.3 is 0 Å². The largest absolute Gasteiger partial charge is 0.0564 e. The van der Waals surface area contributed by atoms with Crippen molar-refractivity contribution in [2.24, 2.45) is 0 Å². The van der Waals surface area contributed by atoms with Crippen LogP contribution in [-0.4, -0.2) is 10.2 Å². The summed E-state index contributed by atoms with van der Waals surface area (Å²) in [5, 5.41) is 0. The Kier molecular flexibility index (Phi) is 2.91. The lowest BCUT2D eigenvalue weighted by atomic mass is 10.2. The first kappa shape index (κ1) is 8.27. The van der Waals surface area contributed by atoms with Gasteiger partial charge in [-0.1, -0.05) is 11.6 Å². The second-order valence-electron chi connectivity index (χ2n) is 2.49. The van der Waals surface area contributed by atoms with Gasteiger partial charge in [0, 0.05) is 13.8 Å². The zero-order chi connectivity index (χ0) is 7.56. The lowest BCUT2D eigenvalue weighted by Crippen LogP contribution is -1.86. The Bertz CT molecular complexity index is 212. The number of hydrogen-bond acceptors (Lipinski definition) is 0. The maximum Gasteiger partial charge on any atom is 0.0135 e. The monoisotopic (exact) mass is 262 g/mol. The van der Waals surface area contributed by atoms with Gasteiger partial charge in [0.25, 0.3) is 0 Å². The summed E-state index contributed by atoms with van der Waals surface area (Å²) in [6.45, 7) is 2.16. The Balaban J connectivity index is 3.06. The standard InChI is InChI=1S/C8H11ISi/c1-6-2-7(5-10)4-8(9)3-6/h2-4H,5H2,1,10H3. The quantitative estimate of drug-likeness (QED) is 0.531. The third kappa shape index (κ3) is 2.09. The summed E-state index contributed by atoms with van der Waals surface area (Å²) in [5.74, 6) is 0. The fourth-order valence-electron chi connectivity index (χ4n) is 1.02. The van der Waals surface area contributed by atoms with Crippen LogP contribution in [0.25, 0.3) is 0 Å². The molecule has 0 amide bonds. The molecule has 0 saturated carbocycles. The summed E-state index contributed by atoms with van der Waals surface area (Å²) < 4.78 is 1.36. The topological polar surface area (TPSA) is 0 Å². The van der Waals surface area contributed by atoms with Crippen molar-refractivity contribution in [3.63, 3.8) is 0 Å². The van der Waals surface area contributed by atoms with E-state index >= 15 is 0 Å². The van der Waals surface area contributed by atoms with Crippen molar-refractivity contribution in [3.05, 3.63) is 32.9 Å². The molecule has 2 heteroatoms. The molecule has 0 saturated heterocycles. The van der Waals surface area contributed by atoms with Gasteiger partial charge in [-0.2, -0.15) is 0 Å². The second kappa shape index (κ2) is 3.53. The van der Waals surface area contributed by atoms with Gasteiger partial charge in [-0.15, -0.1) is 0 Å². The maximum atomic E-state index is 2.37. The molecule has 0 N–H and O–H groups in total. The van der Waals surface area contributed by atoms with E-state index in [9.17, 15) is 0 Å². The van der Waals surface area contributed by atoms with Crippen LogP contribution in [0.1, 0.15) is 11.1 Å². The third-order valence-corrected chi connectivity index (χ3v) is 2.95. The van der Waals surface area contributed by atoms with Crippen molar-refractivity contribution in [1.82, 2.24) is 0 Å². The normalized spacial score (nSPS) is 10.2. The van der Waals surface area contributed by atoms with E-state index < -0.39 is 0 Å². The Morgan fingerprint density at radius 1 is 1.40 bits per heavy atom. The van der Waals surface area contributed by atoms with Crippen molar-refractivity contribution in [2.45, 2.75) is 13.0 Å². The van der Waals surface area contributed by atoms with Gasteiger partial charge in [-0.3, -0.25) is 0 Å². The van der Waals surface area contributed by atoms with Gasteiger partial charge in [-0.25, -0.2) is 0 Å². The zero-order valence-electron chi connectivity index (χ0n) is 6.32. The molecule has 1 rings (SSSR count). The predicted octanol–water partition coefficient (Wildman–Crippen LogP) is 1.47. The fraction of sp³-hybridized carbons (Fsp3) is 0.250. The molecule has 0 fully saturated rings. The van der Waals surface area contributed by atoms with Gasteiger partial charge in [0.05, 0.1) is 0 Å². The molecule has 1 aromatic carbocycles. The van der Waals surface area contributed by atoms with E-state index in [-0.39, 0.29) is 0 Å². The summed E-state index contributed by atoms with van der Waals surface area (Å²) in [5.41, 5.74) is 2.88. The van der Waals surface area contributed by atoms with E-state index in [2.05, 4.69) is 47.7 Å². The molecule has 0 aliphatic rings. The van der Waals surface area contributed by atoms with Crippen molar-refractivity contribution in [2.75, 3.05) is 0 Å². The van der Waals surface area contributed by atoms with Crippen LogP contribution in [0.5, 0.6) is 0 Å². The van der Waals surface area contributed by atoms with E-state index in [1.807, 2.05) is 0 Å². The third-order valence-electron chi connectivity index (χ3n) is 1.51. The molecule has 0 aromatic heterocycles. The van der Waals surface area contributed by atoms with Crippen molar-refractivity contribution < 1.29 is 0 Å². The summed E-state index contributed by atoms with van der Waals surface area (Å²) >= 11 is 2.37. The summed E-state index contributed by atoms with van der Waals surface area (Å²) in [6.07, 6.45) is 0. The van der Waals surface area contributed by atoms with Crippen LogP contribution in [0, 0.1) is 10.5 Å². The van der Waals surface area contributed by atoms with Crippen LogP contribution in [-0.2, 0) is 6.04 Å². The molecule has 0 radical (unpaired) electrons. The average molecular weight is 262 g/mol. The lowest BCUT2D eigenvalue weighted by molar-refractivity contribution is 1.33. The maximum absolute atomic E-state index is 2.37.